The molecule has 0 aliphatic rings. The first-order valence-electron chi connectivity index (χ1n) is 5.40. The maximum absolute atomic E-state index is 13.0. The van der Waals surface area contributed by atoms with Crippen molar-refractivity contribution in [3.8, 4) is 11.8 Å². The maximum Gasteiger partial charge on any atom is 0.300 e. The fourth-order valence-corrected chi connectivity index (χ4v) is 1.68. The van der Waals surface area contributed by atoms with Crippen molar-refractivity contribution in [3.63, 3.8) is 0 Å². The van der Waals surface area contributed by atoms with Gasteiger partial charge < -0.3 is 15.5 Å². The van der Waals surface area contributed by atoms with E-state index >= 15 is 0 Å². The molecule has 0 aliphatic carbocycles. The van der Waals surface area contributed by atoms with Crippen LogP contribution >= 0.6 is 0 Å². The smallest absolute Gasteiger partial charge is 0.300 e. The highest BCUT2D eigenvalue weighted by Gasteiger charge is 2.07. The second-order valence-electron chi connectivity index (χ2n) is 3.84. The van der Waals surface area contributed by atoms with E-state index in [4.69, 9.17) is 10.5 Å². The Kier molecular flexibility index (Phi) is 2.37. The number of ether oxygens (including phenoxy) is 1. The number of aromatic nitrogens is 2. The first-order valence-corrected chi connectivity index (χ1v) is 5.40. The van der Waals surface area contributed by atoms with Gasteiger partial charge in [-0.25, -0.2) is 4.39 Å². The highest BCUT2D eigenvalue weighted by atomic mass is 19.1. The largest absolute Gasteiger partial charge is 0.423 e. The summed E-state index contributed by atoms with van der Waals surface area (Å²) in [4.78, 5) is 7.07. The fourth-order valence-electron chi connectivity index (χ4n) is 1.68. The highest BCUT2D eigenvalue weighted by molar-refractivity contribution is 5.75. The molecule has 18 heavy (non-hydrogen) atoms. The molecule has 0 radical (unpaired) electrons. The summed E-state index contributed by atoms with van der Waals surface area (Å²) in [5.74, 6) is 0.189. The normalized spacial score (nSPS) is 10.7. The molecule has 0 saturated carbocycles. The van der Waals surface area contributed by atoms with Gasteiger partial charge in [-0.2, -0.15) is 4.98 Å². The number of nitrogens with zero attached hydrogens (tertiary/aromatic N) is 1. The molecule has 90 valence electrons. The molecule has 1 aromatic heterocycles. The molecule has 3 aromatic rings. The molecule has 5 heteroatoms. The van der Waals surface area contributed by atoms with Crippen molar-refractivity contribution in [1.82, 2.24) is 9.97 Å². The standard InChI is InChI=1S/C13H10FN3O/c14-8-5-6-10-11(7-8)17-13(16-10)18-12-4-2-1-3-9(12)15/h1-7H,15H2,(H,16,17). The molecular formula is C13H10FN3O. The molecular weight excluding hydrogens is 233 g/mol. The van der Waals surface area contributed by atoms with E-state index in [9.17, 15) is 4.39 Å². The number of hydrogen-bond acceptors (Lipinski definition) is 3. The van der Waals surface area contributed by atoms with E-state index in [0.29, 0.717) is 22.5 Å². The number of halogens is 1. The predicted octanol–water partition coefficient (Wildman–Crippen LogP) is 3.08. The van der Waals surface area contributed by atoms with Crippen LogP contribution in [-0.2, 0) is 0 Å². The summed E-state index contributed by atoms with van der Waals surface area (Å²) < 4.78 is 18.5. The average Bonchev–Trinajstić information content (AvgIpc) is 2.73. The Labute approximate surface area is 102 Å². The predicted molar refractivity (Wildman–Crippen MR) is 67.0 cm³/mol. The lowest BCUT2D eigenvalue weighted by atomic mass is 10.3. The van der Waals surface area contributed by atoms with Crippen molar-refractivity contribution in [1.29, 1.82) is 0 Å². The molecule has 0 unspecified atom stereocenters. The van der Waals surface area contributed by atoms with Crippen LogP contribution in [0.4, 0.5) is 10.1 Å². The van der Waals surface area contributed by atoms with Crippen molar-refractivity contribution in [2.45, 2.75) is 0 Å². The number of anilines is 1. The molecule has 0 bridgehead atoms. The van der Waals surface area contributed by atoms with Crippen molar-refractivity contribution < 1.29 is 9.13 Å². The first kappa shape index (κ1) is 10.6. The monoisotopic (exact) mass is 243 g/mol. The average molecular weight is 243 g/mol. The number of H-pyrrole nitrogens is 1. The SMILES string of the molecule is Nc1ccccc1Oc1nc2ccc(F)cc2[nH]1. The van der Waals surface area contributed by atoms with Gasteiger partial charge in [0, 0.05) is 0 Å². The number of nitrogens with one attached hydrogen (secondary N) is 1. The lowest BCUT2D eigenvalue weighted by Crippen LogP contribution is -1.92. The van der Waals surface area contributed by atoms with Gasteiger partial charge in [-0.05, 0) is 30.3 Å². The summed E-state index contributed by atoms with van der Waals surface area (Å²) in [5, 5.41) is 0. The lowest BCUT2D eigenvalue weighted by molar-refractivity contribution is 0.451. The number of nitrogen functional groups attached to an aromatic ring is 1. The van der Waals surface area contributed by atoms with E-state index < -0.39 is 0 Å². The second-order valence-corrected chi connectivity index (χ2v) is 3.84. The molecule has 0 aliphatic heterocycles. The van der Waals surface area contributed by atoms with Crippen LogP contribution in [0.5, 0.6) is 11.8 Å². The van der Waals surface area contributed by atoms with Gasteiger partial charge in [0.25, 0.3) is 6.01 Å². The zero-order valence-electron chi connectivity index (χ0n) is 9.35. The number of imidazole rings is 1. The zero-order valence-corrected chi connectivity index (χ0v) is 9.35. The van der Waals surface area contributed by atoms with E-state index in [1.54, 1.807) is 18.2 Å². The van der Waals surface area contributed by atoms with E-state index in [2.05, 4.69) is 9.97 Å². The molecule has 0 saturated heterocycles. The Morgan fingerprint density at radius 2 is 2.00 bits per heavy atom. The van der Waals surface area contributed by atoms with Gasteiger partial charge in [-0.15, -0.1) is 0 Å². The van der Waals surface area contributed by atoms with Crippen molar-refractivity contribution >= 4 is 16.7 Å². The molecule has 3 N–H and O–H groups in total. The van der Waals surface area contributed by atoms with Gasteiger partial charge in [0.05, 0.1) is 16.7 Å². The maximum atomic E-state index is 13.0. The Morgan fingerprint density at radius 3 is 2.83 bits per heavy atom. The summed E-state index contributed by atoms with van der Waals surface area (Å²) in [6, 6.07) is 11.7. The van der Waals surface area contributed by atoms with Gasteiger partial charge >= 0.3 is 0 Å². The quantitative estimate of drug-likeness (QED) is 0.680. The van der Waals surface area contributed by atoms with Crippen LogP contribution in [0.1, 0.15) is 0 Å². The number of benzene rings is 2. The third kappa shape index (κ3) is 1.86. The summed E-state index contributed by atoms with van der Waals surface area (Å²) >= 11 is 0. The number of rotatable bonds is 2. The van der Waals surface area contributed by atoms with Gasteiger partial charge in [0.15, 0.2) is 5.75 Å². The molecule has 0 amide bonds. The number of para-hydroxylation sites is 2. The molecule has 2 aromatic carbocycles. The molecule has 0 fully saturated rings. The number of nitrogens with two attached hydrogens (primary N) is 1. The summed E-state index contributed by atoms with van der Waals surface area (Å²) in [5.41, 5.74) is 7.50. The van der Waals surface area contributed by atoms with Crippen molar-refractivity contribution in [2.24, 2.45) is 0 Å². The third-order valence-electron chi connectivity index (χ3n) is 2.55. The van der Waals surface area contributed by atoms with Crippen molar-refractivity contribution in [2.75, 3.05) is 5.73 Å². The highest BCUT2D eigenvalue weighted by Crippen LogP contribution is 2.26. The van der Waals surface area contributed by atoms with Crippen LogP contribution in [0, 0.1) is 5.82 Å². The van der Waals surface area contributed by atoms with Crippen molar-refractivity contribution in [3.05, 3.63) is 48.3 Å². The van der Waals surface area contributed by atoms with Gasteiger partial charge in [-0.1, -0.05) is 12.1 Å². The van der Waals surface area contributed by atoms with E-state index in [-0.39, 0.29) is 11.8 Å². The van der Waals surface area contributed by atoms with Crippen LogP contribution in [0.15, 0.2) is 42.5 Å². The summed E-state index contributed by atoms with van der Waals surface area (Å²) in [7, 11) is 0. The second kappa shape index (κ2) is 4.03. The number of hydrogen-bond donors (Lipinski definition) is 2. The van der Waals surface area contributed by atoms with Crippen LogP contribution in [0.3, 0.4) is 0 Å². The third-order valence-corrected chi connectivity index (χ3v) is 2.55. The number of fused-ring (bicyclic) bond motifs is 1. The zero-order chi connectivity index (χ0) is 12.5. The Morgan fingerprint density at radius 1 is 1.17 bits per heavy atom. The van der Waals surface area contributed by atoms with E-state index in [0.717, 1.165) is 0 Å². The van der Waals surface area contributed by atoms with Gasteiger partial charge in [-0.3, -0.25) is 0 Å². The lowest BCUT2D eigenvalue weighted by Gasteiger charge is -2.03. The Bertz CT molecular complexity index is 708. The summed E-state index contributed by atoms with van der Waals surface area (Å²) in [6.45, 7) is 0. The minimum Gasteiger partial charge on any atom is -0.423 e. The minimum atomic E-state index is -0.322. The van der Waals surface area contributed by atoms with Crippen LogP contribution in [-0.4, -0.2) is 9.97 Å². The number of aromatic amines is 1. The molecule has 3 rings (SSSR count). The topological polar surface area (TPSA) is 63.9 Å². The first-order chi connectivity index (χ1) is 8.72. The fraction of sp³-hybridized carbons (Fsp3) is 0. The Balaban J connectivity index is 1.98. The molecule has 0 atom stereocenters. The Hall–Kier alpha value is -2.56. The van der Waals surface area contributed by atoms with E-state index in [1.807, 2.05) is 12.1 Å². The molecule has 0 spiro atoms. The molecule has 4 nitrogen and oxygen atoms in total. The molecule has 1 heterocycles. The van der Waals surface area contributed by atoms with Gasteiger partial charge in [0.1, 0.15) is 5.82 Å². The summed E-state index contributed by atoms with van der Waals surface area (Å²) in [6.07, 6.45) is 0. The van der Waals surface area contributed by atoms with Gasteiger partial charge in [0.2, 0.25) is 0 Å². The van der Waals surface area contributed by atoms with E-state index in [1.165, 1.54) is 12.1 Å². The van der Waals surface area contributed by atoms with Crippen LogP contribution < -0.4 is 10.5 Å². The minimum absolute atomic E-state index is 0.286. The van der Waals surface area contributed by atoms with Crippen LogP contribution in [0.2, 0.25) is 0 Å². The van der Waals surface area contributed by atoms with Crippen LogP contribution in [0.25, 0.3) is 11.0 Å².